The van der Waals surface area contributed by atoms with E-state index in [1.807, 2.05) is 0 Å². The van der Waals surface area contributed by atoms with Gasteiger partial charge in [-0.05, 0) is 0 Å². The molecule has 0 N–H and O–H groups in total. The molecule has 4 heavy (non-hydrogen) atoms. The van der Waals surface area contributed by atoms with Crippen molar-refractivity contribution < 1.29 is 0 Å². The van der Waals surface area contributed by atoms with Crippen LogP contribution in [0.15, 0.2) is 0 Å². The van der Waals surface area contributed by atoms with Crippen LogP contribution in [0.25, 0.3) is 5.53 Å². The van der Waals surface area contributed by atoms with Crippen LogP contribution in [0, 0.1) is 4.91 Å². The van der Waals surface area contributed by atoms with Gasteiger partial charge in [0.2, 0.25) is 0 Å². The summed E-state index contributed by atoms with van der Waals surface area (Å²) in [5.41, 5.74) is 6.64. The minimum absolute atomic E-state index is 0. The van der Waals surface area contributed by atoms with E-state index in [1.165, 1.54) is 4.97 Å². The van der Waals surface area contributed by atoms with Gasteiger partial charge in [-0.2, -0.15) is 0 Å². The zero-order valence-electron chi connectivity index (χ0n) is 1.71. The summed E-state index contributed by atoms with van der Waals surface area (Å²) in [5.74, 6) is 0. The molecule has 0 saturated heterocycles. The third kappa shape index (κ3) is 3.60. The van der Waals surface area contributed by atoms with Gasteiger partial charge in [-0.3, -0.25) is 5.53 Å². The molecule has 0 unspecified atom stereocenters. The number of nitroso groups, excluding NO2 is 1. The summed E-state index contributed by atoms with van der Waals surface area (Å²) in [6.45, 7) is 0. The largest absolute Gasteiger partial charge is 0.294 e. The average Bonchev–Trinajstić information content (AvgIpc) is 0.918. The van der Waals surface area contributed by atoms with E-state index in [0.717, 1.165) is 0 Å². The summed E-state index contributed by atoms with van der Waals surface area (Å²) in [6.07, 6.45) is 0. The molecule has 0 fully saturated rings. The second kappa shape index (κ2) is 18.5. The van der Waals surface area contributed by atoms with Crippen molar-refractivity contribution in [3.63, 3.8) is 0 Å². The van der Waals surface area contributed by atoms with E-state index in [2.05, 4.69) is 0 Å². The van der Waals surface area contributed by atoms with Crippen LogP contribution in [-0.4, -0.2) is 0 Å². The first-order valence-corrected chi connectivity index (χ1v) is 0.383. The van der Waals surface area contributed by atoms with Crippen LogP contribution in [0.3, 0.4) is 0 Å². The molecular formula is HClN2O. The average molecular weight is 80.5 g/mol. The van der Waals surface area contributed by atoms with Gasteiger partial charge < -0.3 is 0 Å². The molecule has 3 nitrogen and oxygen atoms in total. The Labute approximate surface area is 28.9 Å². The maximum absolute atomic E-state index is 8.11. The van der Waals surface area contributed by atoms with Crippen molar-refractivity contribution in [2.75, 3.05) is 0 Å². The second-order valence-corrected chi connectivity index (χ2v) is 0.0816. The Balaban J connectivity index is 0. The van der Waals surface area contributed by atoms with E-state index >= 15 is 0 Å². The van der Waals surface area contributed by atoms with Crippen molar-refractivity contribution >= 4 is 12.4 Å². The Morgan fingerprint density at radius 2 is 1.75 bits per heavy atom. The SMILES string of the molecule is Cl.[N-]=[N+]=O. The highest BCUT2D eigenvalue weighted by atomic mass is 35.5. The lowest BCUT2D eigenvalue weighted by Crippen LogP contribution is -1.21. The highest BCUT2D eigenvalue weighted by Gasteiger charge is 1.06. The molecule has 0 rings (SSSR count). The highest BCUT2D eigenvalue weighted by molar-refractivity contribution is 5.85. The predicted octanol–water partition coefficient (Wildman–Crippen LogP) is 0.263. The normalized spacial score (nSPS) is 2.00. The monoisotopic (exact) mass is 80.0 g/mol. The van der Waals surface area contributed by atoms with Crippen molar-refractivity contribution in [1.29, 1.82) is 0 Å². The summed E-state index contributed by atoms with van der Waals surface area (Å²) in [5, 5.41) is 0. The maximum Gasteiger partial charge on any atom is 0.151 e. The van der Waals surface area contributed by atoms with E-state index in [4.69, 9.17) is 10.4 Å². The fourth-order valence-corrected chi connectivity index (χ4v) is 0. The zero-order valence-corrected chi connectivity index (χ0v) is 2.53. The Hall–Kier alpha value is -0.400. The van der Waals surface area contributed by atoms with E-state index in [1.54, 1.807) is 0 Å². The lowest BCUT2D eigenvalue weighted by atomic mass is 13.2. The van der Waals surface area contributed by atoms with Crippen LogP contribution in [0.5, 0.6) is 0 Å². The zero-order chi connectivity index (χ0) is 2.71. The van der Waals surface area contributed by atoms with Crippen LogP contribution in [0.2, 0.25) is 0 Å². The van der Waals surface area contributed by atoms with Crippen LogP contribution in [0.1, 0.15) is 0 Å². The lowest BCUT2D eigenvalue weighted by molar-refractivity contribution is 1.58. The minimum atomic E-state index is 0. The molecule has 4 heteroatoms. The summed E-state index contributed by atoms with van der Waals surface area (Å²) >= 11 is 0. The maximum atomic E-state index is 8.11. The molecule has 0 bridgehead atoms. The molecule has 0 heterocycles. The summed E-state index contributed by atoms with van der Waals surface area (Å²) in [4.78, 5) is 9.36. The van der Waals surface area contributed by atoms with Gasteiger partial charge in [-0.15, -0.1) is 12.4 Å². The Morgan fingerprint density at radius 1 is 1.75 bits per heavy atom. The van der Waals surface area contributed by atoms with E-state index in [0.29, 0.717) is 0 Å². The third-order valence-corrected chi connectivity index (χ3v) is 0. The number of halogens is 1. The lowest BCUT2D eigenvalue weighted by Gasteiger charge is -0.999. The van der Waals surface area contributed by atoms with Gasteiger partial charge in [0.15, 0.2) is 4.91 Å². The number of hydrogen-bond donors (Lipinski definition) is 0. The standard InChI is InChI=1S/ClH.N2O/c;1-2-3/h1H;. The first-order chi connectivity index (χ1) is 1.41. The van der Waals surface area contributed by atoms with Crippen molar-refractivity contribution in [3.05, 3.63) is 10.4 Å². The molecule has 0 saturated carbocycles. The Bertz CT molecular complexity index is 27.0. The topological polar surface area (TPSA) is 53.5 Å². The predicted molar refractivity (Wildman–Crippen MR) is 16.1 cm³/mol. The molecule has 0 radical (unpaired) electrons. The molecular weight excluding hydrogens is 79.5 g/mol. The van der Waals surface area contributed by atoms with Crippen molar-refractivity contribution in [2.45, 2.75) is 0 Å². The van der Waals surface area contributed by atoms with Gasteiger partial charge in [0.1, 0.15) is 4.97 Å². The van der Waals surface area contributed by atoms with Gasteiger partial charge >= 0.3 is 0 Å². The fraction of sp³-hybridized carbons (Fsp3) is 0. The van der Waals surface area contributed by atoms with Crippen LogP contribution in [0.4, 0.5) is 0 Å². The van der Waals surface area contributed by atoms with Crippen molar-refractivity contribution in [1.82, 2.24) is 4.97 Å². The molecule has 0 aliphatic heterocycles. The van der Waals surface area contributed by atoms with Gasteiger partial charge in [0.25, 0.3) is 0 Å². The van der Waals surface area contributed by atoms with Crippen LogP contribution < -0.4 is 4.97 Å². The number of nitrogens with zero attached hydrogens (tertiary/aromatic N) is 2. The van der Waals surface area contributed by atoms with Crippen molar-refractivity contribution in [3.8, 4) is 0 Å². The van der Waals surface area contributed by atoms with Gasteiger partial charge in [0.05, 0.1) is 0 Å². The van der Waals surface area contributed by atoms with Crippen LogP contribution in [-0.2, 0) is 0 Å². The molecule has 0 amide bonds. The number of hydrogen-bond acceptors (Lipinski definition) is 1. The minimum Gasteiger partial charge on any atom is -0.294 e. The Morgan fingerprint density at radius 3 is 1.75 bits per heavy atom. The summed E-state index contributed by atoms with van der Waals surface area (Å²) in [6, 6.07) is 0. The number of rotatable bonds is 0. The molecule has 0 aliphatic rings. The van der Waals surface area contributed by atoms with E-state index in [9.17, 15) is 0 Å². The summed E-state index contributed by atoms with van der Waals surface area (Å²) < 4.78 is 0. The molecule has 0 atom stereocenters. The van der Waals surface area contributed by atoms with E-state index in [-0.39, 0.29) is 12.4 Å². The van der Waals surface area contributed by atoms with Crippen molar-refractivity contribution in [2.24, 2.45) is 0 Å². The van der Waals surface area contributed by atoms with E-state index < -0.39 is 0 Å². The first kappa shape index (κ1) is 9.51. The molecule has 0 aromatic heterocycles. The quantitative estimate of drug-likeness (QED) is 0.304. The van der Waals surface area contributed by atoms with Gasteiger partial charge in [0, 0.05) is 0 Å². The molecule has 0 aliphatic carbocycles. The fourth-order valence-electron chi connectivity index (χ4n) is 0. The Kier molecular flexibility index (Phi) is 43.9. The highest BCUT2D eigenvalue weighted by Crippen LogP contribution is 0.905. The second-order valence-electron chi connectivity index (χ2n) is 0.0816. The molecule has 24 valence electrons. The third-order valence-electron chi connectivity index (χ3n) is 0. The van der Waals surface area contributed by atoms with Gasteiger partial charge in [-0.25, -0.2) is 0 Å². The summed E-state index contributed by atoms with van der Waals surface area (Å²) in [7, 11) is 0. The molecule has 0 aromatic rings. The molecule has 0 aromatic carbocycles. The van der Waals surface area contributed by atoms with Crippen LogP contribution >= 0.6 is 12.4 Å². The molecule has 0 spiro atoms. The van der Waals surface area contributed by atoms with Gasteiger partial charge in [-0.1, -0.05) is 0 Å². The first-order valence-electron chi connectivity index (χ1n) is 0.383. The smallest absolute Gasteiger partial charge is 0.151 e.